The molecule has 2 amide bonds. The van der Waals surface area contributed by atoms with Crippen LogP contribution in [0, 0.1) is 24.6 Å². The van der Waals surface area contributed by atoms with Gasteiger partial charge in [-0.1, -0.05) is 43.6 Å². The predicted octanol–water partition coefficient (Wildman–Crippen LogP) is 5.05. The van der Waals surface area contributed by atoms with Gasteiger partial charge in [-0.15, -0.1) is 0 Å². The first-order valence-electron chi connectivity index (χ1n) is 10.2. The molecule has 1 saturated heterocycles. The van der Waals surface area contributed by atoms with E-state index in [-0.39, 0.29) is 11.7 Å². The molecule has 0 aromatic heterocycles. The summed E-state index contributed by atoms with van der Waals surface area (Å²) in [6.45, 7) is 7.55. The normalized spacial score (nSPS) is 22.3. The second-order valence-corrected chi connectivity index (χ2v) is 8.89. The van der Waals surface area contributed by atoms with E-state index >= 15 is 0 Å². The third kappa shape index (κ3) is 3.63. The lowest BCUT2D eigenvalue weighted by Gasteiger charge is -2.37. The van der Waals surface area contributed by atoms with Gasteiger partial charge in [0, 0.05) is 18.1 Å². The Kier molecular flexibility index (Phi) is 5.41. The van der Waals surface area contributed by atoms with E-state index in [0.29, 0.717) is 52.5 Å². The molecule has 4 nitrogen and oxygen atoms in total. The van der Waals surface area contributed by atoms with Crippen LogP contribution in [0.1, 0.15) is 31.4 Å². The number of halogens is 2. The third-order valence-corrected chi connectivity index (χ3v) is 6.02. The number of likely N-dealkylation sites (tertiary alicyclic amines) is 1. The van der Waals surface area contributed by atoms with Gasteiger partial charge in [0.25, 0.3) is 11.8 Å². The van der Waals surface area contributed by atoms with Gasteiger partial charge in [-0.2, -0.15) is 0 Å². The number of nitrogens with zero attached hydrogens (tertiary/aromatic N) is 2. The molecule has 156 valence electrons. The number of amides is 2. The van der Waals surface area contributed by atoms with Gasteiger partial charge in [0.1, 0.15) is 11.5 Å². The summed E-state index contributed by atoms with van der Waals surface area (Å²) in [5, 5.41) is 0.452. The molecule has 0 aliphatic carbocycles. The molecule has 2 aliphatic rings. The van der Waals surface area contributed by atoms with Gasteiger partial charge in [0.2, 0.25) is 0 Å². The molecule has 2 aromatic rings. The number of aryl methyl sites for hydroxylation is 1. The van der Waals surface area contributed by atoms with Crippen LogP contribution in [-0.4, -0.2) is 29.8 Å². The van der Waals surface area contributed by atoms with E-state index in [1.54, 1.807) is 30.3 Å². The van der Waals surface area contributed by atoms with Crippen molar-refractivity contribution < 1.29 is 14.0 Å². The largest absolute Gasteiger partial charge is 0.366 e. The second kappa shape index (κ2) is 7.88. The fourth-order valence-electron chi connectivity index (χ4n) is 4.58. The van der Waals surface area contributed by atoms with Gasteiger partial charge >= 0.3 is 0 Å². The number of imide groups is 1. The highest BCUT2D eigenvalue weighted by Crippen LogP contribution is 2.38. The van der Waals surface area contributed by atoms with E-state index in [0.717, 1.165) is 12.0 Å². The average Bonchev–Trinajstić information content (AvgIpc) is 2.94. The number of carbonyl (C=O) groups is 2. The Morgan fingerprint density at radius 1 is 0.967 bits per heavy atom. The Balaban J connectivity index is 1.86. The van der Waals surface area contributed by atoms with Crippen LogP contribution >= 0.6 is 11.6 Å². The number of hydrogen-bond acceptors (Lipinski definition) is 3. The zero-order valence-electron chi connectivity index (χ0n) is 17.3. The smallest absolute Gasteiger partial charge is 0.282 e. The highest BCUT2D eigenvalue weighted by Gasteiger charge is 2.44. The molecule has 0 N–H and O–H groups in total. The Morgan fingerprint density at radius 3 is 2.23 bits per heavy atom. The van der Waals surface area contributed by atoms with Crippen LogP contribution in [0.3, 0.4) is 0 Å². The minimum Gasteiger partial charge on any atom is -0.366 e. The zero-order chi connectivity index (χ0) is 21.6. The van der Waals surface area contributed by atoms with Crippen LogP contribution in [-0.2, 0) is 9.59 Å². The van der Waals surface area contributed by atoms with Gasteiger partial charge in [0.15, 0.2) is 0 Å². The van der Waals surface area contributed by atoms with Crippen LogP contribution < -0.4 is 4.90 Å². The fourth-order valence-corrected chi connectivity index (χ4v) is 4.74. The topological polar surface area (TPSA) is 40.6 Å². The van der Waals surface area contributed by atoms with Crippen molar-refractivity contribution in [3.05, 3.63) is 70.1 Å². The maximum absolute atomic E-state index is 13.6. The molecule has 6 heteroatoms. The number of benzene rings is 2. The van der Waals surface area contributed by atoms with E-state index in [1.165, 1.54) is 17.0 Å². The summed E-state index contributed by atoms with van der Waals surface area (Å²) in [4.78, 5) is 30.4. The Bertz CT molecular complexity index is 1040. The first-order valence-corrected chi connectivity index (χ1v) is 10.5. The molecule has 1 fully saturated rings. The zero-order valence-corrected chi connectivity index (χ0v) is 18.0. The van der Waals surface area contributed by atoms with Crippen molar-refractivity contribution in [1.29, 1.82) is 0 Å². The summed E-state index contributed by atoms with van der Waals surface area (Å²) in [6, 6.07) is 10.9. The molecule has 4 rings (SSSR count). The van der Waals surface area contributed by atoms with Crippen molar-refractivity contribution in [2.24, 2.45) is 11.8 Å². The van der Waals surface area contributed by atoms with Crippen molar-refractivity contribution in [3.8, 4) is 0 Å². The van der Waals surface area contributed by atoms with Gasteiger partial charge < -0.3 is 4.90 Å². The van der Waals surface area contributed by atoms with Crippen LogP contribution in [0.5, 0.6) is 0 Å². The van der Waals surface area contributed by atoms with Crippen LogP contribution in [0.15, 0.2) is 48.2 Å². The molecule has 0 spiro atoms. The summed E-state index contributed by atoms with van der Waals surface area (Å²) in [5.74, 6) is -0.342. The first kappa shape index (κ1) is 20.6. The highest BCUT2D eigenvalue weighted by molar-refractivity contribution is 6.45. The summed E-state index contributed by atoms with van der Waals surface area (Å²) < 4.78 is 13.5. The number of carbonyl (C=O) groups excluding carboxylic acids is 2. The van der Waals surface area contributed by atoms with Crippen LogP contribution in [0.2, 0.25) is 5.02 Å². The molecule has 2 unspecified atom stereocenters. The molecular formula is C24H24ClFN2O2. The minimum absolute atomic E-state index is 0.320. The third-order valence-electron chi connectivity index (χ3n) is 5.79. The summed E-state index contributed by atoms with van der Waals surface area (Å²) >= 11 is 6.17. The molecule has 2 aliphatic heterocycles. The van der Waals surface area contributed by atoms with Gasteiger partial charge in [-0.05, 0) is 60.6 Å². The van der Waals surface area contributed by atoms with Crippen LogP contribution in [0.4, 0.5) is 10.1 Å². The fraction of sp³-hybridized carbons (Fsp3) is 0.333. The summed E-state index contributed by atoms with van der Waals surface area (Å²) in [5.41, 5.74) is 2.51. The van der Waals surface area contributed by atoms with E-state index < -0.39 is 5.91 Å². The lowest BCUT2D eigenvalue weighted by Crippen LogP contribution is -2.42. The monoisotopic (exact) mass is 426 g/mol. The average molecular weight is 427 g/mol. The Hall–Kier alpha value is -2.66. The van der Waals surface area contributed by atoms with Crippen molar-refractivity contribution in [3.63, 3.8) is 0 Å². The van der Waals surface area contributed by atoms with E-state index in [1.807, 2.05) is 11.8 Å². The Morgan fingerprint density at radius 2 is 1.60 bits per heavy atom. The molecule has 30 heavy (non-hydrogen) atoms. The van der Waals surface area contributed by atoms with Crippen molar-refractivity contribution in [2.45, 2.75) is 27.2 Å². The van der Waals surface area contributed by atoms with E-state index in [9.17, 15) is 14.0 Å². The van der Waals surface area contributed by atoms with E-state index in [4.69, 9.17) is 11.6 Å². The SMILES string of the molecule is Cc1ccc(Cl)cc1N1C(=O)C(c2ccc(F)cc2)=C(N2CC(C)CC(C)C2)C1=O. The summed E-state index contributed by atoms with van der Waals surface area (Å²) in [7, 11) is 0. The maximum Gasteiger partial charge on any atom is 0.282 e. The second-order valence-electron chi connectivity index (χ2n) is 8.46. The number of hydrogen-bond donors (Lipinski definition) is 0. The Labute approximate surface area is 180 Å². The maximum atomic E-state index is 13.6. The molecule has 0 radical (unpaired) electrons. The van der Waals surface area contributed by atoms with Crippen molar-refractivity contribution in [1.82, 2.24) is 4.90 Å². The summed E-state index contributed by atoms with van der Waals surface area (Å²) in [6.07, 6.45) is 1.08. The van der Waals surface area contributed by atoms with Gasteiger partial charge in [-0.25, -0.2) is 9.29 Å². The lowest BCUT2D eigenvalue weighted by atomic mass is 9.91. The molecule has 2 aromatic carbocycles. The molecule has 0 saturated carbocycles. The van der Waals surface area contributed by atoms with Gasteiger partial charge in [-0.3, -0.25) is 9.59 Å². The molecule has 2 atom stereocenters. The molecule has 2 heterocycles. The molecular weight excluding hydrogens is 403 g/mol. The number of piperidine rings is 1. The van der Waals surface area contributed by atoms with Crippen molar-refractivity contribution >= 4 is 34.7 Å². The molecule has 0 bridgehead atoms. The van der Waals surface area contributed by atoms with Crippen LogP contribution in [0.25, 0.3) is 5.57 Å². The number of rotatable bonds is 3. The van der Waals surface area contributed by atoms with Crippen molar-refractivity contribution in [2.75, 3.05) is 18.0 Å². The lowest BCUT2D eigenvalue weighted by molar-refractivity contribution is -0.120. The quantitative estimate of drug-likeness (QED) is 0.645. The predicted molar refractivity (Wildman–Crippen MR) is 117 cm³/mol. The standard InChI is InChI=1S/C24H24ClFN2O2/c1-14-10-15(2)13-27(12-14)22-21(17-5-8-19(26)9-6-17)23(29)28(24(22)30)20-11-18(25)7-4-16(20)3/h4-9,11,14-15H,10,12-13H2,1-3H3. The minimum atomic E-state index is -0.405. The first-order chi connectivity index (χ1) is 14.3. The highest BCUT2D eigenvalue weighted by atomic mass is 35.5. The van der Waals surface area contributed by atoms with Gasteiger partial charge in [0.05, 0.1) is 11.3 Å². The number of anilines is 1. The van der Waals surface area contributed by atoms with E-state index in [2.05, 4.69) is 13.8 Å².